The van der Waals surface area contributed by atoms with E-state index in [1.54, 1.807) is 0 Å². The van der Waals surface area contributed by atoms with Crippen molar-refractivity contribution in [2.24, 2.45) is 0 Å². The third-order valence-corrected chi connectivity index (χ3v) is 15.4. The number of hydrogen-bond acceptors (Lipinski definition) is 14. The second-order valence-corrected chi connectivity index (χ2v) is 25.1. The monoisotopic (exact) mass is 1310 g/mol. The fourth-order valence-corrected chi connectivity index (χ4v) is 10.0. The minimum Gasteiger partial charge on any atom is -0.463 e. The van der Waals surface area contributed by atoms with Gasteiger partial charge in [0.1, 0.15) is 25.4 Å². The lowest BCUT2D eigenvalue weighted by molar-refractivity contribution is -0.161. The van der Waals surface area contributed by atoms with Crippen LogP contribution in [0.4, 0.5) is 0 Å². The highest BCUT2D eigenvalue weighted by Crippen LogP contribution is 2.45. The Morgan fingerprint density at radius 2 is 0.549 bits per heavy atom. The summed E-state index contributed by atoms with van der Waals surface area (Å²) in [7, 11) is -9.80. The molecule has 0 aliphatic heterocycles. The average Bonchev–Trinajstić information content (AvgIpc) is 3.08. The molecule has 0 aromatic heterocycles. The van der Waals surface area contributed by atoms with E-state index in [1.807, 2.05) is 0 Å². The van der Waals surface area contributed by atoms with Crippen LogP contribution in [0.15, 0.2) is 146 Å². The first kappa shape index (κ1) is 86.4. The van der Waals surface area contributed by atoms with Crippen LogP contribution >= 0.6 is 15.6 Å². The molecule has 5 atom stereocenters. The Balaban J connectivity index is 4.63. The molecule has 0 bridgehead atoms. The highest BCUT2D eigenvalue weighted by atomic mass is 31.2. The highest BCUT2D eigenvalue weighted by Gasteiger charge is 2.29. The zero-order chi connectivity index (χ0) is 66.7. The van der Waals surface area contributed by atoms with E-state index in [9.17, 15) is 43.5 Å². The summed E-state index contributed by atoms with van der Waals surface area (Å²) in [5.41, 5.74) is 0. The SMILES string of the molecule is CC/C=C\C/C=C\C/C=C\C/C=C\C/C=C\C/C=C\CCCCCCCCC(=O)OCC(O)COP(=O)(O)OCC(O)COP(=O)(O)OCC(COC(=O)CCCCCCC/C=C\C/C=C\C/C=C\CC)OC(=O)CCCCCCC/C=C\C/C=C\C/C=C\CC. The quantitative estimate of drug-likeness (QED) is 0.0146. The fourth-order valence-electron chi connectivity index (χ4n) is 8.42. The van der Waals surface area contributed by atoms with Crippen molar-refractivity contribution >= 4 is 33.6 Å². The summed E-state index contributed by atoms with van der Waals surface area (Å²) in [6, 6.07) is 0. The number of carbonyl (C=O) groups excluding carboxylic acids is 3. The van der Waals surface area contributed by atoms with Crippen molar-refractivity contribution in [3.63, 3.8) is 0 Å². The average molecular weight is 1320 g/mol. The van der Waals surface area contributed by atoms with Crippen LogP contribution < -0.4 is 0 Å². The first-order valence-corrected chi connectivity index (χ1v) is 37.1. The molecule has 0 aliphatic rings. The summed E-state index contributed by atoms with van der Waals surface area (Å²) in [6.07, 6.45) is 77.6. The Labute approximate surface area is 549 Å². The number of unbranched alkanes of at least 4 members (excludes halogenated alkanes) is 16. The van der Waals surface area contributed by atoms with Gasteiger partial charge >= 0.3 is 33.6 Å². The van der Waals surface area contributed by atoms with E-state index in [0.717, 1.165) is 180 Å². The third kappa shape index (κ3) is 66.7. The molecule has 0 rings (SSSR count). The summed E-state index contributed by atoms with van der Waals surface area (Å²) < 4.78 is 60.8. The van der Waals surface area contributed by atoms with Crippen LogP contribution in [-0.4, -0.2) is 95.9 Å². The molecule has 0 saturated heterocycles. The number of phosphoric ester groups is 2. The van der Waals surface area contributed by atoms with Crippen LogP contribution in [0.3, 0.4) is 0 Å². The van der Waals surface area contributed by atoms with Crippen LogP contribution in [0, 0.1) is 0 Å². The Bertz CT molecular complexity index is 2240. The second kappa shape index (κ2) is 65.5. The Hall–Kier alpha value is -4.57. The van der Waals surface area contributed by atoms with E-state index in [0.29, 0.717) is 19.3 Å². The molecule has 0 spiro atoms. The molecule has 0 amide bonds. The fraction of sp³-hybridized carbons (Fsp3) is 0.630. The van der Waals surface area contributed by atoms with Crippen molar-refractivity contribution in [2.75, 3.05) is 39.6 Å². The van der Waals surface area contributed by atoms with Crippen LogP contribution in [0.5, 0.6) is 0 Å². The molecule has 0 aliphatic carbocycles. The molecule has 0 heterocycles. The summed E-state index contributed by atoms with van der Waals surface area (Å²) in [5, 5.41) is 20.5. The van der Waals surface area contributed by atoms with E-state index in [2.05, 4.69) is 167 Å². The molecule has 0 aromatic rings. The largest absolute Gasteiger partial charge is 0.472 e. The molecular weight excluding hydrogens is 1190 g/mol. The number of aliphatic hydroxyl groups is 2. The summed E-state index contributed by atoms with van der Waals surface area (Å²) in [6.45, 7) is 2.24. The molecule has 16 nitrogen and oxygen atoms in total. The molecule has 5 unspecified atom stereocenters. The Morgan fingerprint density at radius 3 is 0.868 bits per heavy atom. The summed E-state index contributed by atoms with van der Waals surface area (Å²) >= 11 is 0. The summed E-state index contributed by atoms with van der Waals surface area (Å²) in [5.74, 6) is -1.64. The van der Waals surface area contributed by atoms with Gasteiger partial charge in [-0.1, -0.05) is 231 Å². The van der Waals surface area contributed by atoms with Crippen LogP contribution in [0.2, 0.25) is 0 Å². The van der Waals surface area contributed by atoms with Crippen molar-refractivity contribution in [3.8, 4) is 0 Å². The predicted molar refractivity (Wildman–Crippen MR) is 371 cm³/mol. The number of phosphoric acid groups is 2. The van der Waals surface area contributed by atoms with Gasteiger partial charge in [0, 0.05) is 19.3 Å². The van der Waals surface area contributed by atoms with Gasteiger partial charge in [0.2, 0.25) is 0 Å². The topological polar surface area (TPSA) is 231 Å². The van der Waals surface area contributed by atoms with Crippen molar-refractivity contribution < 1.29 is 75.8 Å². The van der Waals surface area contributed by atoms with Gasteiger partial charge in [-0.05, 0) is 135 Å². The zero-order valence-electron chi connectivity index (χ0n) is 56.0. The van der Waals surface area contributed by atoms with Gasteiger partial charge in [-0.2, -0.15) is 0 Å². The zero-order valence-corrected chi connectivity index (χ0v) is 57.7. The Kier molecular flexibility index (Phi) is 62.2. The van der Waals surface area contributed by atoms with Gasteiger partial charge in [0.15, 0.2) is 6.10 Å². The molecule has 0 fully saturated rings. The van der Waals surface area contributed by atoms with Gasteiger partial charge in [-0.3, -0.25) is 32.5 Å². The molecule has 518 valence electrons. The van der Waals surface area contributed by atoms with Gasteiger partial charge in [0.05, 0.1) is 26.4 Å². The normalized spacial score (nSPS) is 15.1. The van der Waals surface area contributed by atoms with Crippen LogP contribution in [0.25, 0.3) is 0 Å². The Morgan fingerprint density at radius 1 is 0.308 bits per heavy atom. The maximum Gasteiger partial charge on any atom is 0.472 e. The van der Waals surface area contributed by atoms with E-state index >= 15 is 0 Å². The molecule has 0 saturated carbocycles. The van der Waals surface area contributed by atoms with Gasteiger partial charge in [0.25, 0.3) is 0 Å². The number of aliphatic hydroxyl groups excluding tert-OH is 2. The molecule has 18 heteroatoms. The number of esters is 3. The number of carbonyl (C=O) groups is 3. The van der Waals surface area contributed by atoms with Crippen LogP contribution in [-0.2, 0) is 55.8 Å². The lowest BCUT2D eigenvalue weighted by Crippen LogP contribution is -2.30. The smallest absolute Gasteiger partial charge is 0.463 e. The third-order valence-electron chi connectivity index (χ3n) is 13.5. The van der Waals surface area contributed by atoms with Gasteiger partial charge in [-0.25, -0.2) is 9.13 Å². The van der Waals surface area contributed by atoms with Crippen molar-refractivity contribution in [1.82, 2.24) is 0 Å². The molecule has 4 N–H and O–H groups in total. The first-order valence-electron chi connectivity index (χ1n) is 34.1. The van der Waals surface area contributed by atoms with Gasteiger partial charge in [-0.15, -0.1) is 0 Å². The number of rotatable bonds is 63. The van der Waals surface area contributed by atoms with E-state index in [4.69, 9.17) is 32.3 Å². The lowest BCUT2D eigenvalue weighted by atomic mass is 10.1. The number of ether oxygens (including phenoxy) is 3. The number of hydrogen-bond donors (Lipinski definition) is 4. The molecule has 0 aromatic carbocycles. The summed E-state index contributed by atoms with van der Waals surface area (Å²) in [4.78, 5) is 58.3. The highest BCUT2D eigenvalue weighted by molar-refractivity contribution is 7.47. The predicted octanol–water partition coefficient (Wildman–Crippen LogP) is 19.0. The first-order chi connectivity index (χ1) is 44.2. The minimum absolute atomic E-state index is 0.0764. The minimum atomic E-state index is -4.94. The van der Waals surface area contributed by atoms with Crippen molar-refractivity contribution in [1.29, 1.82) is 0 Å². The maximum atomic E-state index is 12.9. The second-order valence-electron chi connectivity index (χ2n) is 22.2. The molecule has 91 heavy (non-hydrogen) atoms. The van der Waals surface area contributed by atoms with E-state index < -0.39 is 91.5 Å². The molecular formula is C73H120O16P2. The van der Waals surface area contributed by atoms with E-state index in [1.165, 1.54) is 0 Å². The lowest BCUT2D eigenvalue weighted by Gasteiger charge is -2.21. The van der Waals surface area contributed by atoms with Crippen molar-refractivity contribution in [2.45, 2.75) is 257 Å². The van der Waals surface area contributed by atoms with Crippen LogP contribution in [0.1, 0.15) is 239 Å². The molecule has 0 radical (unpaired) electrons. The number of allylic oxidation sites excluding steroid dienone is 24. The van der Waals surface area contributed by atoms with Gasteiger partial charge < -0.3 is 34.2 Å². The van der Waals surface area contributed by atoms with E-state index in [-0.39, 0.29) is 19.3 Å². The standard InChI is InChI=1S/C73H120O16P2/c1-4-7-10-13-16-19-22-25-28-29-30-31-32-33-34-35-36-37-40-42-44-47-50-53-56-59-71(76)83-62-68(74)63-85-90(79,80)86-64-69(75)65-87-91(81,82)88-67-70(89-73(78)61-58-55-52-49-46-43-39-27-24-21-18-15-12-9-6-3)66-84-72(77)60-57-54-51-48-45-41-38-26-23-20-17-14-11-8-5-2/h7-12,16-21,25-28,30-31,33-34,36-39,68-70,74-75H,4-6,13-15,22-24,29,32,35,40-67H2,1-3H3,(H,79,80)(H,81,82)/b10-7-,11-8-,12-9-,19-16-,20-17-,21-18-,28-25-,31-30-,34-33-,37-36-,38-26-,39-27-. The maximum absolute atomic E-state index is 12.9. The van der Waals surface area contributed by atoms with Crippen molar-refractivity contribution in [3.05, 3.63) is 146 Å².